The van der Waals surface area contributed by atoms with Crippen molar-refractivity contribution in [2.24, 2.45) is 0 Å². The quantitative estimate of drug-likeness (QED) is 0.897. The number of carbonyl (C=O) groups is 1. The van der Waals surface area contributed by atoms with Gasteiger partial charge < -0.3 is 19.5 Å². The Labute approximate surface area is 160 Å². The Morgan fingerprint density at radius 2 is 1.85 bits per heavy atom. The molecule has 2 heterocycles. The summed E-state index contributed by atoms with van der Waals surface area (Å²) in [7, 11) is 0. The van der Waals surface area contributed by atoms with Gasteiger partial charge in [0.05, 0.1) is 5.52 Å². The molecule has 1 aromatic heterocycles. The van der Waals surface area contributed by atoms with Gasteiger partial charge in [0, 0.05) is 49.9 Å². The van der Waals surface area contributed by atoms with Crippen LogP contribution in [0.4, 0.5) is 4.79 Å². The molecule has 1 aromatic carbocycles. The van der Waals surface area contributed by atoms with Gasteiger partial charge in [0.1, 0.15) is 5.60 Å². The number of hydrogen-bond acceptors (Lipinski definition) is 4. The lowest BCUT2D eigenvalue weighted by molar-refractivity contribution is 0.0478. The molecule has 1 amide bonds. The summed E-state index contributed by atoms with van der Waals surface area (Å²) in [5, 5.41) is 3.74. The number of likely N-dealkylation sites (tertiary alicyclic amines) is 1. The fraction of sp³-hybridized carbons (Fsp3) is 0.524. The van der Waals surface area contributed by atoms with Gasteiger partial charge in [-0.25, -0.2) is 4.79 Å². The van der Waals surface area contributed by atoms with Gasteiger partial charge in [0.15, 0.2) is 5.43 Å². The molecule has 3 rings (SSSR count). The zero-order valence-electron chi connectivity index (χ0n) is 16.4. The van der Waals surface area contributed by atoms with Crippen LogP contribution >= 0.6 is 0 Å². The van der Waals surface area contributed by atoms with E-state index in [4.69, 9.17) is 4.74 Å². The van der Waals surface area contributed by atoms with Crippen LogP contribution in [0.2, 0.25) is 0 Å². The highest BCUT2D eigenvalue weighted by Crippen LogP contribution is 2.14. The Morgan fingerprint density at radius 1 is 1.15 bits per heavy atom. The number of pyridine rings is 1. The maximum absolute atomic E-state index is 12.0. The van der Waals surface area contributed by atoms with Gasteiger partial charge in [-0.2, -0.15) is 0 Å². The van der Waals surface area contributed by atoms with Crippen LogP contribution in [-0.2, 0) is 11.3 Å². The molecule has 0 bridgehead atoms. The van der Waals surface area contributed by atoms with Crippen molar-refractivity contribution in [3.8, 4) is 0 Å². The molecule has 6 nitrogen and oxygen atoms in total. The van der Waals surface area contributed by atoms with E-state index in [9.17, 15) is 9.59 Å². The van der Waals surface area contributed by atoms with Gasteiger partial charge in [0.25, 0.3) is 0 Å². The highest BCUT2D eigenvalue weighted by molar-refractivity contribution is 5.78. The second-order valence-corrected chi connectivity index (χ2v) is 8.15. The number of piperidine rings is 1. The van der Waals surface area contributed by atoms with E-state index in [-0.39, 0.29) is 17.6 Å². The minimum Gasteiger partial charge on any atom is -0.444 e. The molecule has 1 N–H and O–H groups in total. The van der Waals surface area contributed by atoms with Gasteiger partial charge >= 0.3 is 6.09 Å². The van der Waals surface area contributed by atoms with E-state index in [0.29, 0.717) is 0 Å². The number of carbonyl (C=O) groups excluding carboxylic acids is 1. The molecular weight excluding hydrogens is 342 g/mol. The van der Waals surface area contributed by atoms with E-state index < -0.39 is 5.60 Å². The Morgan fingerprint density at radius 3 is 2.56 bits per heavy atom. The Hall–Kier alpha value is -2.34. The molecule has 146 valence electrons. The highest BCUT2D eigenvalue weighted by Gasteiger charge is 2.23. The SMILES string of the molecule is CC(C)(C)OC(=O)NC1CCN(CCn2ccc(=O)c3ccccc32)CC1. The first-order valence-corrected chi connectivity index (χ1v) is 9.62. The van der Waals surface area contributed by atoms with E-state index >= 15 is 0 Å². The average Bonchev–Trinajstić information content (AvgIpc) is 2.61. The monoisotopic (exact) mass is 371 g/mol. The summed E-state index contributed by atoms with van der Waals surface area (Å²) in [4.78, 5) is 26.3. The largest absolute Gasteiger partial charge is 0.444 e. The molecule has 27 heavy (non-hydrogen) atoms. The molecule has 0 aliphatic carbocycles. The smallest absolute Gasteiger partial charge is 0.407 e. The first kappa shape index (κ1) is 19.4. The number of fused-ring (bicyclic) bond motifs is 1. The zero-order chi connectivity index (χ0) is 19.4. The summed E-state index contributed by atoms with van der Waals surface area (Å²) in [6.45, 7) is 9.26. The van der Waals surface area contributed by atoms with E-state index in [0.717, 1.165) is 49.9 Å². The second kappa shape index (κ2) is 8.13. The van der Waals surface area contributed by atoms with Crippen molar-refractivity contribution in [1.82, 2.24) is 14.8 Å². The van der Waals surface area contributed by atoms with E-state index in [2.05, 4.69) is 14.8 Å². The molecule has 1 fully saturated rings. The number of amides is 1. The summed E-state index contributed by atoms with van der Waals surface area (Å²) in [6, 6.07) is 9.54. The van der Waals surface area contributed by atoms with Crippen molar-refractivity contribution in [3.63, 3.8) is 0 Å². The summed E-state index contributed by atoms with van der Waals surface area (Å²) >= 11 is 0. The number of nitrogens with zero attached hydrogens (tertiary/aromatic N) is 2. The topological polar surface area (TPSA) is 63.6 Å². The lowest BCUT2D eigenvalue weighted by atomic mass is 10.1. The van der Waals surface area contributed by atoms with Crippen LogP contribution in [0, 0.1) is 0 Å². The van der Waals surface area contributed by atoms with Crippen molar-refractivity contribution >= 4 is 17.0 Å². The number of nitrogens with one attached hydrogen (secondary N) is 1. The predicted octanol–water partition coefficient (Wildman–Crippen LogP) is 2.99. The molecule has 1 aliphatic heterocycles. The van der Waals surface area contributed by atoms with Crippen LogP contribution in [0.1, 0.15) is 33.6 Å². The third-order valence-electron chi connectivity index (χ3n) is 4.85. The van der Waals surface area contributed by atoms with E-state index in [1.807, 2.05) is 51.2 Å². The lowest BCUT2D eigenvalue weighted by Gasteiger charge is -2.33. The summed E-state index contributed by atoms with van der Waals surface area (Å²) in [5.74, 6) is 0. The number of benzene rings is 1. The van der Waals surface area contributed by atoms with Gasteiger partial charge in [-0.3, -0.25) is 4.79 Å². The number of rotatable bonds is 4. The molecule has 1 aliphatic rings. The Bertz CT molecular complexity index is 846. The molecule has 0 radical (unpaired) electrons. The minimum absolute atomic E-state index is 0.0656. The highest BCUT2D eigenvalue weighted by atomic mass is 16.6. The zero-order valence-corrected chi connectivity index (χ0v) is 16.4. The lowest BCUT2D eigenvalue weighted by Crippen LogP contribution is -2.46. The van der Waals surface area contributed by atoms with Crippen molar-refractivity contribution < 1.29 is 9.53 Å². The van der Waals surface area contributed by atoms with Crippen molar-refractivity contribution in [2.75, 3.05) is 19.6 Å². The van der Waals surface area contributed by atoms with Crippen LogP contribution in [-0.4, -0.2) is 46.8 Å². The van der Waals surface area contributed by atoms with Gasteiger partial charge in [0.2, 0.25) is 0 Å². The number of ether oxygens (including phenoxy) is 1. The fourth-order valence-electron chi connectivity index (χ4n) is 3.48. The average molecular weight is 371 g/mol. The van der Waals surface area contributed by atoms with Crippen molar-refractivity contribution in [1.29, 1.82) is 0 Å². The normalized spacial score (nSPS) is 16.4. The summed E-state index contributed by atoms with van der Waals surface area (Å²) in [5.41, 5.74) is 0.576. The first-order valence-electron chi connectivity index (χ1n) is 9.62. The summed E-state index contributed by atoms with van der Waals surface area (Å²) in [6.07, 6.45) is 3.39. The molecule has 2 aromatic rings. The van der Waals surface area contributed by atoms with E-state index in [1.165, 1.54) is 0 Å². The van der Waals surface area contributed by atoms with Gasteiger partial charge in [-0.1, -0.05) is 12.1 Å². The third kappa shape index (κ3) is 5.32. The van der Waals surface area contributed by atoms with Crippen LogP contribution in [0.15, 0.2) is 41.3 Å². The standard InChI is InChI=1S/C21H29N3O3/c1-21(2,3)27-20(26)22-16-8-11-23(12-9-16)14-15-24-13-10-19(25)17-6-4-5-7-18(17)24/h4-7,10,13,16H,8-9,11-12,14-15H2,1-3H3,(H,22,26). The third-order valence-corrected chi connectivity index (χ3v) is 4.85. The molecule has 1 saturated heterocycles. The van der Waals surface area contributed by atoms with Gasteiger partial charge in [-0.05, 0) is 45.7 Å². The first-order chi connectivity index (χ1) is 12.8. The predicted molar refractivity (Wildman–Crippen MR) is 107 cm³/mol. The van der Waals surface area contributed by atoms with Crippen molar-refractivity contribution in [3.05, 3.63) is 46.8 Å². The molecule has 0 atom stereocenters. The number of hydrogen-bond donors (Lipinski definition) is 1. The molecule has 0 saturated carbocycles. The Kier molecular flexibility index (Phi) is 5.85. The molecule has 6 heteroatoms. The molecule has 0 unspecified atom stereocenters. The van der Waals surface area contributed by atoms with Gasteiger partial charge in [-0.15, -0.1) is 0 Å². The fourth-order valence-corrected chi connectivity index (χ4v) is 3.48. The van der Waals surface area contributed by atoms with Crippen LogP contribution in [0.3, 0.4) is 0 Å². The van der Waals surface area contributed by atoms with Crippen LogP contribution in [0.25, 0.3) is 10.9 Å². The Balaban J connectivity index is 1.50. The van der Waals surface area contributed by atoms with Crippen LogP contribution < -0.4 is 10.7 Å². The molecule has 0 spiro atoms. The number of aromatic nitrogens is 1. The maximum Gasteiger partial charge on any atom is 0.407 e. The minimum atomic E-state index is -0.468. The number of alkyl carbamates (subject to hydrolysis) is 1. The summed E-state index contributed by atoms with van der Waals surface area (Å²) < 4.78 is 7.47. The second-order valence-electron chi connectivity index (χ2n) is 8.15. The van der Waals surface area contributed by atoms with E-state index in [1.54, 1.807) is 6.07 Å². The molecular formula is C21H29N3O3. The number of para-hydroxylation sites is 1. The van der Waals surface area contributed by atoms with Crippen molar-refractivity contribution in [2.45, 2.75) is 51.8 Å². The van der Waals surface area contributed by atoms with Crippen LogP contribution in [0.5, 0.6) is 0 Å². The maximum atomic E-state index is 12.0.